The molecule has 2 aromatic carbocycles. The summed E-state index contributed by atoms with van der Waals surface area (Å²) >= 11 is 1.71. The molecule has 3 N–H and O–H groups in total. The van der Waals surface area contributed by atoms with Gasteiger partial charge in [0.15, 0.2) is 0 Å². The molecule has 2 rings (SSSR count). The van der Waals surface area contributed by atoms with Crippen LogP contribution in [0.5, 0.6) is 0 Å². The normalized spacial score (nSPS) is 13.2. The third-order valence-corrected chi connectivity index (χ3v) is 5.20. The Labute approximate surface area is 159 Å². The summed E-state index contributed by atoms with van der Waals surface area (Å²) in [6.07, 6.45) is 0.499. The Kier molecular flexibility index (Phi) is 6.86. The van der Waals surface area contributed by atoms with Crippen LogP contribution in [-0.2, 0) is 10.5 Å². The number of thioether (sulfide) groups is 1. The third kappa shape index (κ3) is 5.63. The number of nitrogens with two attached hydrogens (primary N) is 1. The van der Waals surface area contributed by atoms with E-state index in [2.05, 4.69) is 17.4 Å². The van der Waals surface area contributed by atoms with E-state index in [0.717, 1.165) is 10.6 Å². The Balaban J connectivity index is 2.00. The van der Waals surface area contributed by atoms with Crippen LogP contribution in [0.1, 0.15) is 43.1 Å². The largest absolute Gasteiger partial charge is 0.368 e. The highest BCUT2D eigenvalue weighted by atomic mass is 32.2. The van der Waals surface area contributed by atoms with Crippen molar-refractivity contribution in [3.05, 3.63) is 65.7 Å². The van der Waals surface area contributed by atoms with Gasteiger partial charge in [-0.2, -0.15) is 0 Å². The Morgan fingerprint density at radius 3 is 2.23 bits per heavy atom. The molecule has 4 nitrogen and oxygen atoms in total. The number of benzene rings is 2. The zero-order chi connectivity index (χ0) is 19.2. The van der Waals surface area contributed by atoms with E-state index in [4.69, 9.17) is 5.73 Å². The monoisotopic (exact) mass is 370 g/mol. The van der Waals surface area contributed by atoms with E-state index >= 15 is 0 Å². The van der Waals surface area contributed by atoms with Crippen molar-refractivity contribution in [2.75, 3.05) is 0 Å². The zero-order valence-corrected chi connectivity index (χ0v) is 16.3. The zero-order valence-electron chi connectivity index (χ0n) is 15.5. The first-order valence-electron chi connectivity index (χ1n) is 8.69. The van der Waals surface area contributed by atoms with Crippen molar-refractivity contribution in [1.29, 1.82) is 0 Å². The van der Waals surface area contributed by atoms with Gasteiger partial charge in [0, 0.05) is 16.2 Å². The van der Waals surface area contributed by atoms with E-state index < -0.39 is 11.4 Å². The molecule has 0 aliphatic carbocycles. The number of nitrogens with one attached hydrogen (secondary N) is 1. The van der Waals surface area contributed by atoms with Crippen molar-refractivity contribution in [1.82, 2.24) is 5.32 Å². The van der Waals surface area contributed by atoms with Gasteiger partial charge in [-0.25, -0.2) is 0 Å². The summed E-state index contributed by atoms with van der Waals surface area (Å²) in [5.74, 6) is 0.311. The summed E-state index contributed by atoms with van der Waals surface area (Å²) in [4.78, 5) is 25.4. The van der Waals surface area contributed by atoms with Gasteiger partial charge in [-0.05, 0) is 49.1 Å². The van der Waals surface area contributed by atoms with Gasteiger partial charge in [-0.1, -0.05) is 44.2 Å². The summed E-state index contributed by atoms with van der Waals surface area (Å²) in [6, 6.07) is 17.6. The minimum absolute atomic E-state index is 0.240. The second kappa shape index (κ2) is 8.90. The molecule has 26 heavy (non-hydrogen) atoms. The molecular formula is C21H26N2O2S. The average molecular weight is 371 g/mol. The number of carbonyl (C=O) groups is 2. The molecule has 0 fully saturated rings. The lowest BCUT2D eigenvalue weighted by Gasteiger charge is -2.29. The fourth-order valence-electron chi connectivity index (χ4n) is 2.80. The first-order chi connectivity index (χ1) is 12.3. The molecular weight excluding hydrogens is 344 g/mol. The van der Waals surface area contributed by atoms with E-state index in [1.807, 2.05) is 44.2 Å². The Hall–Kier alpha value is -2.27. The molecule has 0 aliphatic heterocycles. The fraction of sp³-hybridized carbons (Fsp3) is 0.333. The second-order valence-corrected chi connectivity index (χ2v) is 8.10. The van der Waals surface area contributed by atoms with Gasteiger partial charge in [0.2, 0.25) is 5.91 Å². The van der Waals surface area contributed by atoms with Gasteiger partial charge in [0.25, 0.3) is 5.91 Å². The van der Waals surface area contributed by atoms with E-state index in [1.54, 1.807) is 30.8 Å². The van der Waals surface area contributed by atoms with Crippen LogP contribution in [0.2, 0.25) is 0 Å². The van der Waals surface area contributed by atoms with Gasteiger partial charge >= 0.3 is 0 Å². The summed E-state index contributed by atoms with van der Waals surface area (Å²) in [5, 5.41) is 2.80. The van der Waals surface area contributed by atoms with Crippen LogP contribution in [-0.4, -0.2) is 17.4 Å². The predicted octanol–water partition coefficient (Wildman–Crippen LogP) is 4.00. The molecule has 1 unspecified atom stereocenters. The van der Waals surface area contributed by atoms with E-state index in [-0.39, 0.29) is 11.8 Å². The van der Waals surface area contributed by atoms with Crippen LogP contribution in [0.25, 0.3) is 0 Å². The summed E-state index contributed by atoms with van der Waals surface area (Å²) in [6.45, 7) is 5.66. The summed E-state index contributed by atoms with van der Waals surface area (Å²) in [5.41, 5.74) is 6.23. The van der Waals surface area contributed by atoms with Gasteiger partial charge in [0.1, 0.15) is 5.54 Å². The average Bonchev–Trinajstić information content (AvgIpc) is 2.60. The van der Waals surface area contributed by atoms with Crippen molar-refractivity contribution >= 4 is 23.6 Å². The molecule has 0 aromatic heterocycles. The topological polar surface area (TPSA) is 72.2 Å². The van der Waals surface area contributed by atoms with Gasteiger partial charge in [-0.3, -0.25) is 9.59 Å². The molecule has 5 heteroatoms. The highest BCUT2D eigenvalue weighted by Crippen LogP contribution is 2.23. The minimum atomic E-state index is -1.05. The molecule has 0 saturated carbocycles. The summed E-state index contributed by atoms with van der Waals surface area (Å²) in [7, 11) is 0. The molecule has 2 amide bonds. The van der Waals surface area contributed by atoms with Gasteiger partial charge in [0.05, 0.1) is 0 Å². The fourth-order valence-corrected chi connectivity index (χ4v) is 3.65. The number of rotatable bonds is 8. The van der Waals surface area contributed by atoms with Crippen LogP contribution < -0.4 is 11.1 Å². The van der Waals surface area contributed by atoms with Crippen molar-refractivity contribution in [2.24, 2.45) is 11.7 Å². The number of primary amides is 1. The molecule has 138 valence electrons. The molecule has 0 bridgehead atoms. The molecule has 0 radical (unpaired) electrons. The van der Waals surface area contributed by atoms with Crippen molar-refractivity contribution < 1.29 is 9.59 Å². The third-order valence-electron chi connectivity index (χ3n) is 4.11. The first-order valence-corrected chi connectivity index (χ1v) is 9.68. The van der Waals surface area contributed by atoms with Crippen LogP contribution >= 0.6 is 11.8 Å². The summed E-state index contributed by atoms with van der Waals surface area (Å²) < 4.78 is 0. The van der Waals surface area contributed by atoms with Crippen molar-refractivity contribution in [3.8, 4) is 0 Å². The number of amides is 2. The highest BCUT2D eigenvalue weighted by Gasteiger charge is 2.33. The molecule has 1 atom stereocenters. The van der Waals surface area contributed by atoms with Crippen molar-refractivity contribution in [2.45, 2.75) is 43.4 Å². The van der Waals surface area contributed by atoms with E-state index in [1.165, 1.54) is 5.56 Å². The quantitative estimate of drug-likeness (QED) is 0.690. The Morgan fingerprint density at radius 1 is 1.08 bits per heavy atom. The Morgan fingerprint density at radius 2 is 1.69 bits per heavy atom. The van der Waals surface area contributed by atoms with Gasteiger partial charge in [-0.15, -0.1) is 11.8 Å². The SMILES string of the molecule is CC(C)CC(C)(NC(=O)c1ccc(SCc2ccccc2)cc1)C(N)=O. The predicted molar refractivity (Wildman–Crippen MR) is 107 cm³/mol. The molecule has 2 aromatic rings. The number of carbonyl (C=O) groups excluding carboxylic acids is 2. The Bertz CT molecular complexity index is 744. The maximum absolute atomic E-state index is 12.5. The molecule has 0 spiro atoms. The van der Waals surface area contributed by atoms with Crippen LogP contribution in [0.15, 0.2) is 59.5 Å². The van der Waals surface area contributed by atoms with Gasteiger partial charge < -0.3 is 11.1 Å². The maximum atomic E-state index is 12.5. The van der Waals surface area contributed by atoms with E-state index in [0.29, 0.717) is 12.0 Å². The van der Waals surface area contributed by atoms with Crippen LogP contribution in [0.3, 0.4) is 0 Å². The number of hydrogen-bond donors (Lipinski definition) is 2. The van der Waals surface area contributed by atoms with Crippen molar-refractivity contribution in [3.63, 3.8) is 0 Å². The molecule has 0 aliphatic rings. The molecule has 0 heterocycles. The second-order valence-electron chi connectivity index (χ2n) is 7.05. The lowest BCUT2D eigenvalue weighted by atomic mass is 9.89. The first kappa shape index (κ1) is 20.0. The van der Waals surface area contributed by atoms with Crippen LogP contribution in [0, 0.1) is 5.92 Å². The molecule has 0 saturated heterocycles. The number of hydrogen-bond acceptors (Lipinski definition) is 3. The lowest BCUT2D eigenvalue weighted by molar-refractivity contribution is -0.124. The lowest BCUT2D eigenvalue weighted by Crippen LogP contribution is -2.56. The maximum Gasteiger partial charge on any atom is 0.252 e. The standard InChI is InChI=1S/C21H26N2O2S/c1-15(2)13-21(3,20(22)25)23-19(24)17-9-11-18(12-10-17)26-14-16-7-5-4-6-8-16/h4-12,15H,13-14H2,1-3H3,(H2,22,25)(H,23,24). The van der Waals surface area contributed by atoms with Crippen LogP contribution in [0.4, 0.5) is 0 Å². The smallest absolute Gasteiger partial charge is 0.252 e. The van der Waals surface area contributed by atoms with E-state index in [9.17, 15) is 9.59 Å². The minimum Gasteiger partial charge on any atom is -0.368 e. The highest BCUT2D eigenvalue weighted by molar-refractivity contribution is 7.98.